The fraction of sp³-hybridized carbons (Fsp3) is 0.500. The third-order valence-electron chi connectivity index (χ3n) is 3.65. The van der Waals surface area contributed by atoms with Gasteiger partial charge in [0.25, 0.3) is 0 Å². The SMILES string of the molecule is CCC/C=C\C/C=C\C/C=C\C/C=C\C/C=C\C/C=C\CC[As](C)(C)=O. The van der Waals surface area contributed by atoms with Gasteiger partial charge in [-0.05, 0) is 19.3 Å². The second-order valence-corrected chi connectivity index (χ2v) is 14.4. The van der Waals surface area contributed by atoms with Gasteiger partial charge >= 0.3 is 102 Å². The Morgan fingerprint density at radius 2 is 0.846 bits per heavy atom. The molecular weight excluding hydrogens is 379 g/mol. The molecule has 0 aliphatic heterocycles. The monoisotopic (exact) mass is 418 g/mol. The van der Waals surface area contributed by atoms with E-state index in [4.69, 9.17) is 0 Å². The normalized spacial score (nSPS) is 13.8. The van der Waals surface area contributed by atoms with Gasteiger partial charge in [-0.2, -0.15) is 0 Å². The van der Waals surface area contributed by atoms with E-state index < -0.39 is 13.5 Å². The van der Waals surface area contributed by atoms with Crippen LogP contribution in [0.3, 0.4) is 0 Å². The number of hydrogen-bond donors (Lipinski definition) is 0. The van der Waals surface area contributed by atoms with E-state index in [1.54, 1.807) is 0 Å². The molecule has 0 saturated heterocycles. The summed E-state index contributed by atoms with van der Waals surface area (Å²) in [4.78, 5) is 0. The van der Waals surface area contributed by atoms with Gasteiger partial charge in [-0.15, -0.1) is 0 Å². The van der Waals surface area contributed by atoms with Crippen LogP contribution in [0.4, 0.5) is 0 Å². The van der Waals surface area contributed by atoms with Crippen molar-refractivity contribution in [3.63, 3.8) is 0 Å². The molecule has 0 atom stereocenters. The summed E-state index contributed by atoms with van der Waals surface area (Å²) >= 11 is -2.42. The first-order valence-corrected chi connectivity index (χ1v) is 15.8. The van der Waals surface area contributed by atoms with Crippen molar-refractivity contribution in [1.29, 1.82) is 0 Å². The third kappa shape index (κ3) is 22.8. The molecule has 0 aromatic carbocycles. The maximum atomic E-state index is 11.6. The van der Waals surface area contributed by atoms with Crippen LogP contribution in [-0.4, -0.2) is 13.5 Å². The van der Waals surface area contributed by atoms with Crippen molar-refractivity contribution >= 4 is 13.5 Å². The van der Waals surface area contributed by atoms with E-state index in [1.165, 1.54) is 12.8 Å². The number of hydrogen-bond acceptors (Lipinski definition) is 1. The van der Waals surface area contributed by atoms with E-state index in [0.717, 1.165) is 43.7 Å². The van der Waals surface area contributed by atoms with E-state index >= 15 is 0 Å². The van der Waals surface area contributed by atoms with Crippen LogP contribution >= 0.6 is 0 Å². The fourth-order valence-corrected chi connectivity index (χ4v) is 3.76. The van der Waals surface area contributed by atoms with E-state index in [9.17, 15) is 3.74 Å². The Kier molecular flexibility index (Phi) is 17.7. The van der Waals surface area contributed by atoms with Crippen LogP contribution in [0.5, 0.6) is 0 Å². The summed E-state index contributed by atoms with van der Waals surface area (Å²) in [5, 5.41) is 0.876. The first kappa shape index (κ1) is 24.8. The van der Waals surface area contributed by atoms with Gasteiger partial charge in [0.15, 0.2) is 0 Å². The first-order valence-electron chi connectivity index (χ1n) is 10.00. The van der Waals surface area contributed by atoms with Crippen LogP contribution in [0.1, 0.15) is 58.3 Å². The number of rotatable bonds is 15. The zero-order chi connectivity index (χ0) is 19.3. The molecule has 0 heterocycles. The zero-order valence-electron chi connectivity index (χ0n) is 17.1. The molecule has 0 bridgehead atoms. The standard InChI is InChI=1S/C24H39AsO/c1-4-5-6-7-8-9-10-11-12-13-14-15-16-17-18-19-20-21-22-23-24-25(2,3)26/h6-7,9-10,12-13,15-16,18-19,21-22H,4-5,8,11,14,17,20,23-24H2,1-3H3/b7-6-,10-9-,13-12-,16-15-,19-18-,22-21-. The summed E-state index contributed by atoms with van der Waals surface area (Å²) in [7, 11) is 0. The van der Waals surface area contributed by atoms with E-state index in [1.807, 2.05) is 11.4 Å². The topological polar surface area (TPSA) is 17.1 Å². The molecular formula is C24H39AsO. The summed E-state index contributed by atoms with van der Waals surface area (Å²) in [6.45, 7) is 2.20. The Morgan fingerprint density at radius 1 is 0.538 bits per heavy atom. The maximum absolute atomic E-state index is 11.6. The predicted octanol–water partition coefficient (Wildman–Crippen LogP) is 8.10. The van der Waals surface area contributed by atoms with Crippen LogP contribution in [0, 0.1) is 0 Å². The van der Waals surface area contributed by atoms with Gasteiger partial charge in [0.05, 0.1) is 0 Å². The van der Waals surface area contributed by atoms with Crippen molar-refractivity contribution in [3.05, 3.63) is 72.9 Å². The summed E-state index contributed by atoms with van der Waals surface area (Å²) in [6, 6.07) is 0. The van der Waals surface area contributed by atoms with Crippen molar-refractivity contribution in [2.75, 3.05) is 0 Å². The van der Waals surface area contributed by atoms with Gasteiger partial charge in [0.2, 0.25) is 0 Å². The third-order valence-corrected chi connectivity index (χ3v) is 6.45. The molecule has 0 aromatic rings. The summed E-state index contributed by atoms with van der Waals surface area (Å²) < 4.78 is 11.6. The van der Waals surface area contributed by atoms with E-state index in [0.29, 0.717) is 0 Å². The van der Waals surface area contributed by atoms with Crippen LogP contribution in [-0.2, 0) is 3.74 Å². The molecule has 2 heteroatoms. The number of unbranched alkanes of at least 4 members (excludes halogenated alkanes) is 1. The van der Waals surface area contributed by atoms with Gasteiger partial charge in [-0.1, -0.05) is 43.7 Å². The summed E-state index contributed by atoms with van der Waals surface area (Å²) in [5.41, 5.74) is 3.83. The predicted molar refractivity (Wildman–Crippen MR) is 120 cm³/mol. The van der Waals surface area contributed by atoms with Crippen LogP contribution in [0.2, 0.25) is 16.6 Å². The zero-order valence-corrected chi connectivity index (χ0v) is 19.0. The molecule has 26 heavy (non-hydrogen) atoms. The molecule has 146 valence electrons. The average molecular weight is 418 g/mol. The Hall–Kier alpha value is -1.20. The van der Waals surface area contributed by atoms with Crippen molar-refractivity contribution in [2.45, 2.75) is 74.9 Å². The molecule has 1 nitrogen and oxygen atoms in total. The second kappa shape index (κ2) is 18.6. The van der Waals surface area contributed by atoms with Crippen molar-refractivity contribution in [2.24, 2.45) is 0 Å². The second-order valence-electron chi connectivity index (χ2n) is 6.88. The molecule has 0 aromatic heterocycles. The summed E-state index contributed by atoms with van der Waals surface area (Å²) in [6.07, 6.45) is 35.0. The fourth-order valence-electron chi connectivity index (χ4n) is 2.14. The van der Waals surface area contributed by atoms with Gasteiger partial charge in [-0.3, -0.25) is 0 Å². The Morgan fingerprint density at radius 3 is 1.15 bits per heavy atom. The average Bonchev–Trinajstić information content (AvgIpc) is 2.59. The van der Waals surface area contributed by atoms with Crippen LogP contribution in [0.25, 0.3) is 0 Å². The van der Waals surface area contributed by atoms with Gasteiger partial charge in [0.1, 0.15) is 0 Å². The molecule has 0 N–H and O–H groups in total. The van der Waals surface area contributed by atoms with E-state index in [2.05, 4.69) is 79.8 Å². The Labute approximate surface area is 165 Å². The molecule has 0 saturated carbocycles. The van der Waals surface area contributed by atoms with Gasteiger partial charge < -0.3 is 0 Å². The molecule has 0 unspecified atom stereocenters. The molecule has 0 spiro atoms. The first-order chi connectivity index (χ1) is 12.6. The van der Waals surface area contributed by atoms with Crippen molar-refractivity contribution in [1.82, 2.24) is 0 Å². The van der Waals surface area contributed by atoms with Crippen molar-refractivity contribution < 1.29 is 3.74 Å². The van der Waals surface area contributed by atoms with E-state index in [-0.39, 0.29) is 0 Å². The molecule has 0 fully saturated rings. The van der Waals surface area contributed by atoms with Gasteiger partial charge in [0, 0.05) is 0 Å². The molecule has 0 rings (SSSR count). The molecule has 0 radical (unpaired) electrons. The van der Waals surface area contributed by atoms with Crippen LogP contribution in [0.15, 0.2) is 72.9 Å². The Balaban J connectivity index is 3.56. The molecule has 0 amide bonds. The number of allylic oxidation sites excluding steroid dienone is 12. The Bertz CT molecular complexity index is 526. The molecule has 0 aliphatic carbocycles. The minimum absolute atomic E-state index is 0.876. The quantitative estimate of drug-likeness (QED) is 0.194. The molecule has 0 aliphatic rings. The summed E-state index contributed by atoms with van der Waals surface area (Å²) in [5.74, 6) is 0. The van der Waals surface area contributed by atoms with Crippen molar-refractivity contribution in [3.8, 4) is 0 Å². The van der Waals surface area contributed by atoms with Crippen LogP contribution < -0.4 is 0 Å². The minimum atomic E-state index is -2.42. The van der Waals surface area contributed by atoms with Gasteiger partial charge in [-0.25, -0.2) is 0 Å².